The van der Waals surface area contributed by atoms with Crippen molar-refractivity contribution in [2.45, 2.75) is 33.0 Å². The predicted molar refractivity (Wildman–Crippen MR) is 77.4 cm³/mol. The molecule has 5 nitrogen and oxygen atoms in total. The number of aryl methyl sites for hydroxylation is 1. The molecule has 0 fully saturated rings. The maximum absolute atomic E-state index is 4.09. The van der Waals surface area contributed by atoms with Crippen LogP contribution in [0.15, 0.2) is 28.7 Å². The number of rotatable bonds is 6. The summed E-state index contributed by atoms with van der Waals surface area (Å²) in [7, 11) is 2.07. The van der Waals surface area contributed by atoms with Crippen LogP contribution in [-0.4, -0.2) is 32.2 Å². The Morgan fingerprint density at radius 3 is 2.79 bits per heavy atom. The monoisotopic (exact) mass is 323 g/mol. The van der Waals surface area contributed by atoms with Crippen LogP contribution in [0, 0.1) is 0 Å². The van der Waals surface area contributed by atoms with E-state index in [9.17, 15) is 0 Å². The number of aromatic nitrogens is 4. The number of hydrogen-bond donors (Lipinski definition) is 0. The normalized spacial score (nSPS) is 11.2. The molecule has 0 aliphatic rings. The Balaban J connectivity index is 1.99. The van der Waals surface area contributed by atoms with E-state index < -0.39 is 0 Å². The summed E-state index contributed by atoms with van der Waals surface area (Å²) in [4.78, 5) is 2.21. The minimum Gasteiger partial charge on any atom is -0.295 e. The zero-order valence-corrected chi connectivity index (χ0v) is 12.8. The van der Waals surface area contributed by atoms with Crippen molar-refractivity contribution < 1.29 is 0 Å². The SMILES string of the molecule is CCCn1nnnc1CN(C)Cc1ccccc1Br. The zero-order chi connectivity index (χ0) is 13.7. The van der Waals surface area contributed by atoms with Gasteiger partial charge in [-0.05, 0) is 35.5 Å². The third-order valence-electron chi connectivity index (χ3n) is 2.85. The number of tetrazole rings is 1. The first-order valence-electron chi connectivity index (χ1n) is 6.37. The van der Waals surface area contributed by atoms with Crippen molar-refractivity contribution in [1.82, 2.24) is 25.1 Å². The van der Waals surface area contributed by atoms with Crippen molar-refractivity contribution in [2.75, 3.05) is 7.05 Å². The van der Waals surface area contributed by atoms with Gasteiger partial charge in [0.1, 0.15) is 0 Å². The topological polar surface area (TPSA) is 46.8 Å². The molecule has 2 aromatic rings. The third-order valence-corrected chi connectivity index (χ3v) is 3.62. The Bertz CT molecular complexity index is 525. The molecule has 0 unspecified atom stereocenters. The second kappa shape index (κ2) is 6.77. The van der Waals surface area contributed by atoms with E-state index in [1.165, 1.54) is 5.56 Å². The van der Waals surface area contributed by atoms with Gasteiger partial charge in [0, 0.05) is 17.6 Å². The van der Waals surface area contributed by atoms with Gasteiger partial charge in [0.15, 0.2) is 5.82 Å². The highest BCUT2D eigenvalue weighted by molar-refractivity contribution is 9.10. The van der Waals surface area contributed by atoms with Crippen LogP contribution in [-0.2, 0) is 19.6 Å². The Morgan fingerprint density at radius 2 is 2.05 bits per heavy atom. The first kappa shape index (κ1) is 14.1. The molecule has 6 heteroatoms. The molecule has 102 valence electrons. The molecule has 0 aliphatic carbocycles. The van der Waals surface area contributed by atoms with Gasteiger partial charge in [-0.15, -0.1) is 5.10 Å². The van der Waals surface area contributed by atoms with Crippen molar-refractivity contribution in [3.05, 3.63) is 40.1 Å². The highest BCUT2D eigenvalue weighted by Gasteiger charge is 2.10. The van der Waals surface area contributed by atoms with Gasteiger partial charge in [0.05, 0.1) is 6.54 Å². The molecule has 0 saturated carbocycles. The van der Waals surface area contributed by atoms with Gasteiger partial charge in [0.25, 0.3) is 0 Å². The van der Waals surface area contributed by atoms with Crippen LogP contribution in [0.25, 0.3) is 0 Å². The van der Waals surface area contributed by atoms with Crippen molar-refractivity contribution in [3.8, 4) is 0 Å². The Labute approximate surface area is 121 Å². The number of nitrogens with zero attached hydrogens (tertiary/aromatic N) is 5. The molecule has 0 spiro atoms. The van der Waals surface area contributed by atoms with Crippen LogP contribution in [0.2, 0.25) is 0 Å². The summed E-state index contributed by atoms with van der Waals surface area (Å²) in [6.07, 6.45) is 1.03. The average Bonchev–Trinajstić information content (AvgIpc) is 2.80. The molecule has 1 aromatic carbocycles. The number of hydrogen-bond acceptors (Lipinski definition) is 4. The first-order chi connectivity index (χ1) is 9.20. The lowest BCUT2D eigenvalue weighted by Gasteiger charge is -2.16. The molecule has 0 saturated heterocycles. The Kier molecular flexibility index (Phi) is 5.04. The lowest BCUT2D eigenvalue weighted by molar-refractivity contribution is 0.301. The smallest absolute Gasteiger partial charge is 0.165 e. The molecule has 1 heterocycles. The highest BCUT2D eigenvalue weighted by atomic mass is 79.9. The summed E-state index contributed by atoms with van der Waals surface area (Å²) in [5, 5.41) is 11.8. The van der Waals surface area contributed by atoms with Gasteiger partial charge in [0.2, 0.25) is 0 Å². The van der Waals surface area contributed by atoms with Crippen LogP contribution in [0.1, 0.15) is 24.7 Å². The summed E-state index contributed by atoms with van der Waals surface area (Å²) < 4.78 is 3.01. The molecule has 0 radical (unpaired) electrons. The van der Waals surface area contributed by atoms with Gasteiger partial charge < -0.3 is 0 Å². The summed E-state index contributed by atoms with van der Waals surface area (Å²) in [5.41, 5.74) is 1.26. The summed E-state index contributed by atoms with van der Waals surface area (Å²) >= 11 is 3.57. The van der Waals surface area contributed by atoms with Crippen LogP contribution >= 0.6 is 15.9 Å². The van der Waals surface area contributed by atoms with E-state index in [-0.39, 0.29) is 0 Å². The van der Waals surface area contributed by atoms with Gasteiger partial charge in [-0.25, -0.2) is 4.68 Å². The Hall–Kier alpha value is -1.27. The van der Waals surface area contributed by atoms with Crippen molar-refractivity contribution in [1.29, 1.82) is 0 Å². The predicted octanol–water partition coefficient (Wildman–Crippen LogP) is 2.48. The fourth-order valence-electron chi connectivity index (χ4n) is 1.94. The molecule has 0 N–H and O–H groups in total. The van der Waals surface area contributed by atoms with Crippen LogP contribution < -0.4 is 0 Å². The summed E-state index contributed by atoms with van der Waals surface area (Å²) in [5.74, 6) is 0.913. The fraction of sp³-hybridized carbons (Fsp3) is 0.462. The number of benzene rings is 1. The minimum atomic E-state index is 0.744. The van der Waals surface area contributed by atoms with Crippen LogP contribution in [0.4, 0.5) is 0 Å². The van der Waals surface area contributed by atoms with E-state index in [0.717, 1.165) is 36.4 Å². The second-order valence-electron chi connectivity index (χ2n) is 4.58. The highest BCUT2D eigenvalue weighted by Crippen LogP contribution is 2.17. The van der Waals surface area contributed by atoms with Crippen molar-refractivity contribution in [3.63, 3.8) is 0 Å². The maximum Gasteiger partial charge on any atom is 0.165 e. The lowest BCUT2D eigenvalue weighted by atomic mass is 10.2. The molecule has 19 heavy (non-hydrogen) atoms. The second-order valence-corrected chi connectivity index (χ2v) is 5.44. The lowest BCUT2D eigenvalue weighted by Crippen LogP contribution is -2.20. The van der Waals surface area contributed by atoms with Gasteiger partial charge in [-0.3, -0.25) is 4.90 Å². The maximum atomic E-state index is 4.09. The van der Waals surface area contributed by atoms with Crippen molar-refractivity contribution in [2.24, 2.45) is 0 Å². The summed E-state index contributed by atoms with van der Waals surface area (Å²) in [6.45, 7) is 4.59. The van der Waals surface area contributed by atoms with E-state index in [1.807, 2.05) is 10.7 Å². The first-order valence-corrected chi connectivity index (χ1v) is 7.17. The molecule has 2 rings (SSSR count). The third kappa shape index (κ3) is 3.84. The van der Waals surface area contributed by atoms with E-state index >= 15 is 0 Å². The molecule has 0 aliphatic heterocycles. The fourth-order valence-corrected chi connectivity index (χ4v) is 2.35. The van der Waals surface area contributed by atoms with Crippen molar-refractivity contribution >= 4 is 15.9 Å². The van der Waals surface area contributed by atoms with Crippen LogP contribution in [0.3, 0.4) is 0 Å². The van der Waals surface area contributed by atoms with Crippen LogP contribution in [0.5, 0.6) is 0 Å². The van der Waals surface area contributed by atoms with E-state index in [1.54, 1.807) is 0 Å². The zero-order valence-electron chi connectivity index (χ0n) is 11.3. The molecule has 0 bridgehead atoms. The van der Waals surface area contributed by atoms with E-state index in [4.69, 9.17) is 0 Å². The van der Waals surface area contributed by atoms with Gasteiger partial charge in [-0.1, -0.05) is 41.1 Å². The molecule has 0 amide bonds. The summed E-state index contributed by atoms with van der Waals surface area (Å²) in [6, 6.07) is 8.25. The van der Waals surface area contributed by atoms with Gasteiger partial charge in [-0.2, -0.15) is 0 Å². The average molecular weight is 324 g/mol. The van der Waals surface area contributed by atoms with E-state index in [0.29, 0.717) is 0 Å². The molecular weight excluding hydrogens is 306 g/mol. The standard InChI is InChI=1S/C13H18BrN5/c1-3-8-19-13(15-16-17-19)10-18(2)9-11-6-4-5-7-12(11)14/h4-7H,3,8-10H2,1-2H3. The number of halogens is 1. The van der Waals surface area contributed by atoms with Gasteiger partial charge >= 0.3 is 0 Å². The quantitative estimate of drug-likeness (QED) is 0.819. The molecule has 1 aromatic heterocycles. The minimum absolute atomic E-state index is 0.744. The van der Waals surface area contributed by atoms with E-state index in [2.05, 4.69) is 68.5 Å². The largest absolute Gasteiger partial charge is 0.295 e. The Morgan fingerprint density at radius 1 is 1.26 bits per heavy atom. The molecular formula is C13H18BrN5. The molecule has 0 atom stereocenters.